The first-order valence-electron chi connectivity index (χ1n) is 5.96. The Hall–Kier alpha value is -2.20. The van der Waals surface area contributed by atoms with Crippen LogP contribution in [0.25, 0.3) is 22.0 Å². The summed E-state index contributed by atoms with van der Waals surface area (Å²) in [7, 11) is 1.42. The number of aromatic nitrogens is 2. The summed E-state index contributed by atoms with van der Waals surface area (Å²) < 4.78 is 19.4. The standard InChI is InChI=1S/C15H10ClFN2O/c1-20-12-8-4-7-11(13(12)17)14-9-5-2-3-6-10(9)15(16)19-18-14/h2-8H,1H3. The highest BCUT2D eigenvalue weighted by atomic mass is 35.5. The van der Waals surface area contributed by atoms with E-state index in [2.05, 4.69) is 10.2 Å². The van der Waals surface area contributed by atoms with E-state index in [1.54, 1.807) is 18.2 Å². The van der Waals surface area contributed by atoms with Gasteiger partial charge in [-0.2, -0.15) is 0 Å². The molecule has 0 fully saturated rings. The molecule has 0 aliphatic carbocycles. The number of rotatable bonds is 2. The average molecular weight is 289 g/mol. The van der Waals surface area contributed by atoms with Gasteiger partial charge in [0.15, 0.2) is 16.7 Å². The molecule has 3 rings (SSSR count). The molecule has 2 aromatic carbocycles. The molecule has 3 nitrogen and oxygen atoms in total. The highest BCUT2D eigenvalue weighted by Crippen LogP contribution is 2.33. The molecule has 0 aliphatic heterocycles. The Bertz CT molecular complexity index is 792. The van der Waals surface area contributed by atoms with E-state index in [-0.39, 0.29) is 5.75 Å². The van der Waals surface area contributed by atoms with E-state index in [1.807, 2.05) is 24.3 Å². The van der Waals surface area contributed by atoms with Crippen LogP contribution in [0.15, 0.2) is 42.5 Å². The molecule has 0 amide bonds. The number of nitrogens with zero attached hydrogens (tertiary/aromatic N) is 2. The molecule has 0 bridgehead atoms. The molecule has 3 aromatic rings. The first-order valence-corrected chi connectivity index (χ1v) is 6.34. The van der Waals surface area contributed by atoms with Gasteiger partial charge in [-0.15, -0.1) is 10.2 Å². The Labute approximate surface area is 120 Å². The fourth-order valence-electron chi connectivity index (χ4n) is 2.12. The van der Waals surface area contributed by atoms with Crippen LogP contribution in [0.2, 0.25) is 5.15 Å². The van der Waals surface area contributed by atoms with Crippen molar-refractivity contribution in [3.05, 3.63) is 53.4 Å². The second-order valence-corrected chi connectivity index (χ2v) is 4.56. The Morgan fingerprint density at radius 3 is 2.50 bits per heavy atom. The van der Waals surface area contributed by atoms with Gasteiger partial charge in [0.05, 0.1) is 7.11 Å². The lowest BCUT2D eigenvalue weighted by molar-refractivity contribution is 0.387. The summed E-state index contributed by atoms with van der Waals surface area (Å²) >= 11 is 6.02. The Morgan fingerprint density at radius 2 is 1.75 bits per heavy atom. The van der Waals surface area contributed by atoms with Gasteiger partial charge in [0.1, 0.15) is 5.69 Å². The molecular formula is C15H10ClFN2O. The summed E-state index contributed by atoms with van der Waals surface area (Å²) in [5.74, 6) is -0.292. The topological polar surface area (TPSA) is 35.0 Å². The lowest BCUT2D eigenvalue weighted by Gasteiger charge is -2.09. The van der Waals surface area contributed by atoms with Crippen molar-refractivity contribution in [1.29, 1.82) is 0 Å². The molecule has 0 radical (unpaired) electrons. The van der Waals surface area contributed by atoms with Crippen molar-refractivity contribution >= 4 is 22.4 Å². The van der Waals surface area contributed by atoms with Crippen molar-refractivity contribution in [3.63, 3.8) is 0 Å². The van der Waals surface area contributed by atoms with Crippen LogP contribution in [0.4, 0.5) is 4.39 Å². The summed E-state index contributed by atoms with van der Waals surface area (Å²) in [5, 5.41) is 9.71. The molecule has 0 aliphatic rings. The number of ether oxygens (including phenoxy) is 1. The van der Waals surface area contributed by atoms with Gasteiger partial charge in [-0.3, -0.25) is 0 Å². The third-order valence-corrected chi connectivity index (χ3v) is 3.36. The number of fused-ring (bicyclic) bond motifs is 1. The van der Waals surface area contributed by atoms with Crippen molar-refractivity contribution in [2.45, 2.75) is 0 Å². The predicted molar refractivity (Wildman–Crippen MR) is 76.5 cm³/mol. The molecule has 0 saturated carbocycles. The molecule has 1 heterocycles. The SMILES string of the molecule is COc1cccc(-c2nnc(Cl)c3ccccc23)c1F. The van der Waals surface area contributed by atoms with Crippen LogP contribution in [0, 0.1) is 5.82 Å². The third kappa shape index (κ3) is 1.98. The number of hydrogen-bond donors (Lipinski definition) is 0. The summed E-state index contributed by atoms with van der Waals surface area (Å²) in [6, 6.07) is 12.3. The molecule has 0 atom stereocenters. The molecule has 20 heavy (non-hydrogen) atoms. The number of halogens is 2. The van der Waals surface area contributed by atoms with Crippen LogP contribution in [0.3, 0.4) is 0 Å². The van der Waals surface area contributed by atoms with Gasteiger partial charge in [-0.05, 0) is 12.1 Å². The number of benzene rings is 2. The molecule has 0 N–H and O–H groups in total. The fraction of sp³-hybridized carbons (Fsp3) is 0.0667. The second kappa shape index (κ2) is 5.06. The quantitative estimate of drug-likeness (QED) is 0.712. The Kier molecular flexibility index (Phi) is 3.24. The van der Waals surface area contributed by atoms with E-state index in [0.29, 0.717) is 16.4 Å². The summed E-state index contributed by atoms with van der Waals surface area (Å²) in [6.07, 6.45) is 0. The third-order valence-electron chi connectivity index (χ3n) is 3.08. The van der Waals surface area contributed by atoms with Gasteiger partial charge in [0, 0.05) is 16.3 Å². The fourth-order valence-corrected chi connectivity index (χ4v) is 2.32. The maximum absolute atomic E-state index is 14.4. The van der Waals surface area contributed by atoms with Crippen LogP contribution >= 0.6 is 11.6 Å². The minimum atomic E-state index is -0.461. The molecule has 0 saturated heterocycles. The number of hydrogen-bond acceptors (Lipinski definition) is 3. The lowest BCUT2D eigenvalue weighted by atomic mass is 10.0. The van der Waals surface area contributed by atoms with Gasteiger partial charge < -0.3 is 4.74 Å². The van der Waals surface area contributed by atoms with Crippen molar-refractivity contribution in [3.8, 4) is 17.0 Å². The zero-order valence-corrected chi connectivity index (χ0v) is 11.4. The Morgan fingerprint density at radius 1 is 1.00 bits per heavy atom. The predicted octanol–water partition coefficient (Wildman–Crippen LogP) is 4.10. The minimum Gasteiger partial charge on any atom is -0.494 e. The van der Waals surface area contributed by atoms with Crippen LogP contribution in [0.5, 0.6) is 5.75 Å². The zero-order chi connectivity index (χ0) is 14.1. The molecule has 1 aromatic heterocycles. The Balaban J connectivity index is 2.33. The molecule has 0 spiro atoms. The maximum Gasteiger partial charge on any atom is 0.174 e. The van der Waals surface area contributed by atoms with E-state index in [4.69, 9.17) is 16.3 Å². The smallest absolute Gasteiger partial charge is 0.174 e. The van der Waals surface area contributed by atoms with Crippen molar-refractivity contribution < 1.29 is 9.13 Å². The normalized spacial score (nSPS) is 10.8. The highest BCUT2D eigenvalue weighted by Gasteiger charge is 2.15. The van der Waals surface area contributed by atoms with E-state index in [0.717, 1.165) is 10.8 Å². The van der Waals surface area contributed by atoms with Crippen molar-refractivity contribution in [2.75, 3.05) is 7.11 Å². The number of methoxy groups -OCH3 is 1. The first-order chi connectivity index (χ1) is 9.72. The van der Waals surface area contributed by atoms with Gasteiger partial charge in [0.25, 0.3) is 0 Å². The van der Waals surface area contributed by atoms with Gasteiger partial charge in [0.2, 0.25) is 0 Å². The summed E-state index contributed by atoms with van der Waals surface area (Å²) in [5.41, 5.74) is 0.783. The van der Waals surface area contributed by atoms with Gasteiger partial charge >= 0.3 is 0 Å². The first kappa shape index (κ1) is 12.8. The van der Waals surface area contributed by atoms with E-state index in [1.165, 1.54) is 7.11 Å². The average Bonchev–Trinajstić information content (AvgIpc) is 2.49. The monoisotopic (exact) mass is 288 g/mol. The molecular weight excluding hydrogens is 279 g/mol. The highest BCUT2D eigenvalue weighted by molar-refractivity contribution is 6.34. The summed E-state index contributed by atoms with van der Waals surface area (Å²) in [4.78, 5) is 0. The minimum absolute atomic E-state index is 0.170. The van der Waals surface area contributed by atoms with Gasteiger partial charge in [-0.1, -0.05) is 41.9 Å². The molecule has 5 heteroatoms. The van der Waals surface area contributed by atoms with Crippen LogP contribution < -0.4 is 4.74 Å². The van der Waals surface area contributed by atoms with Crippen LogP contribution in [-0.2, 0) is 0 Å². The van der Waals surface area contributed by atoms with E-state index >= 15 is 0 Å². The summed E-state index contributed by atoms with van der Waals surface area (Å²) in [6.45, 7) is 0. The molecule has 100 valence electrons. The lowest BCUT2D eigenvalue weighted by Crippen LogP contribution is -1.96. The second-order valence-electron chi connectivity index (χ2n) is 4.21. The molecule has 0 unspecified atom stereocenters. The largest absolute Gasteiger partial charge is 0.494 e. The van der Waals surface area contributed by atoms with Gasteiger partial charge in [-0.25, -0.2) is 4.39 Å². The zero-order valence-electron chi connectivity index (χ0n) is 10.6. The van der Waals surface area contributed by atoms with Crippen LogP contribution in [0.1, 0.15) is 0 Å². The van der Waals surface area contributed by atoms with Crippen LogP contribution in [-0.4, -0.2) is 17.3 Å². The van der Waals surface area contributed by atoms with Crippen molar-refractivity contribution in [2.24, 2.45) is 0 Å². The van der Waals surface area contributed by atoms with E-state index in [9.17, 15) is 4.39 Å². The maximum atomic E-state index is 14.4. The van der Waals surface area contributed by atoms with Crippen molar-refractivity contribution in [1.82, 2.24) is 10.2 Å². The van der Waals surface area contributed by atoms with E-state index < -0.39 is 5.82 Å².